The van der Waals surface area contributed by atoms with Crippen LogP contribution in [-0.2, 0) is 20.9 Å². The number of anilines is 2. The molecular formula is C22H34N6O6. The van der Waals surface area contributed by atoms with Crippen molar-refractivity contribution in [1.29, 1.82) is 0 Å². The molecule has 2 atom stereocenters. The Hall–Kier alpha value is -3.15. The van der Waals surface area contributed by atoms with Gasteiger partial charge in [-0.25, -0.2) is 9.59 Å². The first-order valence-corrected chi connectivity index (χ1v) is 11.6. The number of rotatable bonds is 8. The van der Waals surface area contributed by atoms with Crippen molar-refractivity contribution >= 4 is 29.4 Å². The number of H-pyrrole nitrogens is 1. The lowest BCUT2D eigenvalue weighted by molar-refractivity contribution is -0.136. The molecule has 1 aliphatic carbocycles. The number of nitrogens with two attached hydrogens (primary N) is 1. The third-order valence-corrected chi connectivity index (χ3v) is 6.65. The molecule has 188 valence electrons. The normalized spacial score (nSPS) is 22.5. The zero-order chi connectivity index (χ0) is 25.2. The summed E-state index contributed by atoms with van der Waals surface area (Å²) in [6.45, 7) is 5.35. The van der Waals surface area contributed by atoms with Crippen LogP contribution in [0.5, 0.6) is 0 Å². The number of carbonyl (C=O) groups is 3. The maximum Gasteiger partial charge on any atom is 0.330 e. The van der Waals surface area contributed by atoms with Gasteiger partial charge in [0, 0.05) is 20.2 Å². The van der Waals surface area contributed by atoms with E-state index in [0.717, 1.165) is 29.1 Å². The van der Waals surface area contributed by atoms with E-state index in [-0.39, 0.29) is 43.0 Å². The van der Waals surface area contributed by atoms with E-state index < -0.39 is 41.2 Å². The number of nitrogen functional groups attached to an aromatic ring is 1. The third kappa shape index (κ3) is 4.59. The van der Waals surface area contributed by atoms with Gasteiger partial charge in [0.2, 0.25) is 5.91 Å². The second kappa shape index (κ2) is 10.00. The zero-order valence-electron chi connectivity index (χ0n) is 20.2. The quantitative estimate of drug-likeness (QED) is 0.452. The first-order valence-electron chi connectivity index (χ1n) is 11.6. The number of amides is 4. The van der Waals surface area contributed by atoms with E-state index >= 15 is 0 Å². The minimum absolute atomic E-state index is 0.0430. The Morgan fingerprint density at radius 2 is 1.97 bits per heavy atom. The van der Waals surface area contributed by atoms with Gasteiger partial charge in [-0.3, -0.25) is 28.8 Å². The number of hydrogen-bond acceptors (Lipinski definition) is 7. The number of methoxy groups -OCH3 is 1. The molecule has 4 amide bonds. The van der Waals surface area contributed by atoms with Crippen molar-refractivity contribution in [3.63, 3.8) is 0 Å². The summed E-state index contributed by atoms with van der Waals surface area (Å²) in [6, 6.07) is -0.634. The smallest absolute Gasteiger partial charge is 0.330 e. The Balaban J connectivity index is 1.95. The molecule has 1 spiro atoms. The lowest BCUT2D eigenvalue weighted by Gasteiger charge is -2.36. The average Bonchev–Trinajstić information content (AvgIpc) is 3.00. The van der Waals surface area contributed by atoms with Gasteiger partial charge in [0.15, 0.2) is 5.69 Å². The highest BCUT2D eigenvalue weighted by Gasteiger charge is 2.55. The summed E-state index contributed by atoms with van der Waals surface area (Å²) in [4.78, 5) is 68.6. The van der Waals surface area contributed by atoms with Crippen molar-refractivity contribution < 1.29 is 19.1 Å². The van der Waals surface area contributed by atoms with Gasteiger partial charge >= 0.3 is 11.7 Å². The lowest BCUT2D eigenvalue weighted by Crippen LogP contribution is -2.54. The van der Waals surface area contributed by atoms with Crippen LogP contribution < -0.4 is 27.2 Å². The molecule has 34 heavy (non-hydrogen) atoms. The fourth-order valence-electron chi connectivity index (χ4n) is 4.79. The molecule has 0 aromatic carbocycles. The van der Waals surface area contributed by atoms with Crippen LogP contribution in [0.3, 0.4) is 0 Å². The number of imide groups is 1. The second-order valence-electron chi connectivity index (χ2n) is 9.48. The Kier molecular flexibility index (Phi) is 7.49. The standard InChI is InChI=1S/C22H34N6O6/c1-13(2)11-27-17(23)16(18(30)24-20(27)32)26(9-10-34-4)15(29)12-28-19(31)22(25-21(28)33)8-6-5-7-14(22)3/h13-14H,5-12,23H2,1-4H3,(H,25,33)(H,24,30,32). The largest absolute Gasteiger partial charge is 0.383 e. The summed E-state index contributed by atoms with van der Waals surface area (Å²) < 4.78 is 6.28. The minimum atomic E-state index is -1.01. The van der Waals surface area contributed by atoms with E-state index in [1.165, 1.54) is 11.7 Å². The number of nitrogens with one attached hydrogen (secondary N) is 2. The Morgan fingerprint density at radius 3 is 2.59 bits per heavy atom. The number of urea groups is 1. The lowest BCUT2D eigenvalue weighted by atomic mass is 9.73. The van der Waals surface area contributed by atoms with Gasteiger partial charge in [0.25, 0.3) is 11.5 Å². The molecule has 0 bridgehead atoms. The molecule has 1 aliphatic heterocycles. The fourth-order valence-corrected chi connectivity index (χ4v) is 4.79. The molecule has 12 heteroatoms. The number of ether oxygens (including phenoxy) is 1. The highest BCUT2D eigenvalue weighted by atomic mass is 16.5. The van der Waals surface area contributed by atoms with E-state index in [9.17, 15) is 24.0 Å². The van der Waals surface area contributed by atoms with E-state index in [4.69, 9.17) is 10.5 Å². The minimum Gasteiger partial charge on any atom is -0.383 e. The van der Waals surface area contributed by atoms with Crippen molar-refractivity contribution in [1.82, 2.24) is 19.8 Å². The van der Waals surface area contributed by atoms with Crippen molar-refractivity contribution in [3.05, 3.63) is 20.8 Å². The third-order valence-electron chi connectivity index (χ3n) is 6.65. The van der Waals surface area contributed by atoms with Crippen LogP contribution in [0.25, 0.3) is 0 Å². The molecule has 4 N–H and O–H groups in total. The van der Waals surface area contributed by atoms with Gasteiger partial charge in [-0.2, -0.15) is 0 Å². The molecule has 12 nitrogen and oxygen atoms in total. The van der Waals surface area contributed by atoms with E-state index in [1.54, 1.807) is 0 Å². The van der Waals surface area contributed by atoms with Crippen molar-refractivity contribution in [2.24, 2.45) is 11.8 Å². The molecule has 2 unspecified atom stereocenters. The maximum atomic E-state index is 13.4. The number of hydrogen-bond donors (Lipinski definition) is 3. The Morgan fingerprint density at radius 1 is 1.26 bits per heavy atom. The van der Waals surface area contributed by atoms with Gasteiger partial charge in [-0.1, -0.05) is 33.6 Å². The second-order valence-corrected chi connectivity index (χ2v) is 9.48. The first kappa shape index (κ1) is 25.5. The molecule has 0 radical (unpaired) electrons. The number of aromatic nitrogens is 2. The molecule has 1 saturated carbocycles. The molecule has 2 aliphatic rings. The summed E-state index contributed by atoms with van der Waals surface area (Å²) in [7, 11) is 1.43. The predicted octanol–water partition coefficient (Wildman–Crippen LogP) is 0.255. The van der Waals surface area contributed by atoms with Crippen LogP contribution in [0.4, 0.5) is 16.3 Å². The van der Waals surface area contributed by atoms with Crippen LogP contribution in [0.1, 0.15) is 46.5 Å². The van der Waals surface area contributed by atoms with Crippen LogP contribution >= 0.6 is 0 Å². The average molecular weight is 479 g/mol. The topological polar surface area (TPSA) is 160 Å². The SMILES string of the molecule is COCCN(C(=O)CN1C(=O)NC2(CCCCC2C)C1=O)c1c(N)n(CC(C)C)c(=O)[nH]c1=O. The highest BCUT2D eigenvalue weighted by Crippen LogP contribution is 2.38. The number of carbonyl (C=O) groups excluding carboxylic acids is 3. The maximum absolute atomic E-state index is 13.4. The fraction of sp³-hybridized carbons (Fsp3) is 0.682. The van der Waals surface area contributed by atoms with Crippen LogP contribution in [0, 0.1) is 11.8 Å². The van der Waals surface area contributed by atoms with Crippen LogP contribution in [-0.4, -0.2) is 64.6 Å². The number of aromatic amines is 1. The van der Waals surface area contributed by atoms with E-state index in [2.05, 4.69) is 10.3 Å². The summed E-state index contributed by atoms with van der Waals surface area (Å²) in [6.07, 6.45) is 3.10. The molecule has 1 aromatic rings. The monoisotopic (exact) mass is 478 g/mol. The van der Waals surface area contributed by atoms with Crippen molar-refractivity contribution in [2.75, 3.05) is 37.4 Å². The molecule has 1 aromatic heterocycles. The molecule has 2 fully saturated rings. The Bertz CT molecular complexity index is 1080. The van der Waals surface area contributed by atoms with Gasteiger partial charge < -0.3 is 20.7 Å². The summed E-state index contributed by atoms with van der Waals surface area (Å²) >= 11 is 0. The van der Waals surface area contributed by atoms with Crippen molar-refractivity contribution in [2.45, 2.75) is 58.5 Å². The van der Waals surface area contributed by atoms with Gasteiger partial charge in [-0.05, 0) is 24.7 Å². The first-order chi connectivity index (χ1) is 16.0. The summed E-state index contributed by atoms with van der Waals surface area (Å²) in [5, 5.41) is 2.81. The van der Waals surface area contributed by atoms with Crippen LogP contribution in [0.15, 0.2) is 9.59 Å². The Labute approximate surface area is 197 Å². The van der Waals surface area contributed by atoms with Gasteiger partial charge in [-0.15, -0.1) is 0 Å². The molecule has 1 saturated heterocycles. The molecular weight excluding hydrogens is 444 g/mol. The van der Waals surface area contributed by atoms with Crippen molar-refractivity contribution in [3.8, 4) is 0 Å². The highest BCUT2D eigenvalue weighted by molar-refractivity contribution is 6.10. The molecule has 3 rings (SSSR count). The van der Waals surface area contributed by atoms with Crippen LogP contribution in [0.2, 0.25) is 0 Å². The summed E-state index contributed by atoms with van der Waals surface area (Å²) in [5.41, 5.74) is 3.45. The zero-order valence-corrected chi connectivity index (χ0v) is 20.2. The number of nitrogens with zero attached hydrogens (tertiary/aromatic N) is 3. The molecule has 2 heterocycles. The van der Waals surface area contributed by atoms with Gasteiger partial charge in [0.05, 0.1) is 6.61 Å². The van der Waals surface area contributed by atoms with Gasteiger partial charge in [0.1, 0.15) is 17.9 Å². The predicted molar refractivity (Wildman–Crippen MR) is 125 cm³/mol. The van der Waals surface area contributed by atoms with E-state index in [1.807, 2.05) is 20.8 Å². The van der Waals surface area contributed by atoms with E-state index in [0.29, 0.717) is 6.42 Å². The summed E-state index contributed by atoms with van der Waals surface area (Å²) in [5.74, 6) is -1.30.